The van der Waals surface area contributed by atoms with Crippen molar-refractivity contribution >= 4 is 41.7 Å². The summed E-state index contributed by atoms with van der Waals surface area (Å²) in [6.45, 7) is 2.44. The Morgan fingerprint density at radius 1 is 1.42 bits per heavy atom. The molecule has 1 amide bonds. The second kappa shape index (κ2) is 9.48. The van der Waals surface area contributed by atoms with E-state index < -0.39 is 0 Å². The van der Waals surface area contributed by atoms with E-state index >= 15 is 0 Å². The summed E-state index contributed by atoms with van der Waals surface area (Å²) in [5.74, 6) is 1.41. The van der Waals surface area contributed by atoms with Crippen LogP contribution in [0.3, 0.4) is 0 Å². The van der Waals surface area contributed by atoms with E-state index in [1.165, 1.54) is 5.56 Å². The molecule has 0 aromatic heterocycles. The van der Waals surface area contributed by atoms with Crippen LogP contribution in [-0.2, 0) is 10.5 Å². The van der Waals surface area contributed by atoms with E-state index in [1.807, 2.05) is 31.2 Å². The van der Waals surface area contributed by atoms with Gasteiger partial charge in [-0.25, -0.2) is 0 Å². The van der Waals surface area contributed by atoms with Crippen LogP contribution < -0.4 is 5.73 Å². The fourth-order valence-corrected chi connectivity index (χ4v) is 2.38. The molecule has 6 heteroatoms. The molecule has 2 N–H and O–H groups in total. The molecule has 0 spiro atoms. The summed E-state index contributed by atoms with van der Waals surface area (Å²) >= 11 is 7.41. The summed E-state index contributed by atoms with van der Waals surface area (Å²) in [5.41, 5.74) is 6.70. The van der Waals surface area contributed by atoms with Crippen molar-refractivity contribution < 1.29 is 4.79 Å². The molecule has 0 saturated heterocycles. The molecule has 0 saturated carbocycles. The summed E-state index contributed by atoms with van der Waals surface area (Å²) in [4.78, 5) is 13.5. The van der Waals surface area contributed by atoms with E-state index in [-0.39, 0.29) is 24.4 Å². The van der Waals surface area contributed by atoms with Crippen molar-refractivity contribution in [1.29, 1.82) is 0 Å². The second-order valence-electron chi connectivity index (χ2n) is 4.21. The van der Waals surface area contributed by atoms with Gasteiger partial charge in [0.25, 0.3) is 0 Å². The number of nitrogens with two attached hydrogens (primary N) is 1. The van der Waals surface area contributed by atoms with Crippen LogP contribution >= 0.6 is 35.8 Å². The van der Waals surface area contributed by atoms with Crippen LogP contribution in [0.4, 0.5) is 0 Å². The van der Waals surface area contributed by atoms with E-state index in [9.17, 15) is 4.79 Å². The van der Waals surface area contributed by atoms with Gasteiger partial charge in [0.15, 0.2) is 0 Å². The molecule has 0 aliphatic heterocycles. The maximum atomic E-state index is 11.8. The topological polar surface area (TPSA) is 46.3 Å². The number of amides is 1. The quantitative estimate of drug-likeness (QED) is 0.876. The maximum Gasteiger partial charge on any atom is 0.232 e. The maximum absolute atomic E-state index is 11.8. The standard InChI is InChI=1S/C13H19ClN2OS.ClH/c1-10(7-15)16(2)13(17)9-18-8-11-3-5-12(14)6-4-11;/h3-6,10H,7-9,15H2,1-2H3;1H. The molecule has 1 unspecified atom stereocenters. The Morgan fingerprint density at radius 2 is 2.00 bits per heavy atom. The first-order chi connectivity index (χ1) is 8.54. The van der Waals surface area contributed by atoms with Gasteiger partial charge in [0.1, 0.15) is 0 Å². The summed E-state index contributed by atoms with van der Waals surface area (Å²) in [7, 11) is 1.79. The molecule has 0 aliphatic carbocycles. The van der Waals surface area contributed by atoms with Gasteiger partial charge in [0.05, 0.1) is 5.75 Å². The molecule has 108 valence electrons. The van der Waals surface area contributed by atoms with Crippen molar-refractivity contribution in [2.45, 2.75) is 18.7 Å². The lowest BCUT2D eigenvalue weighted by atomic mass is 10.2. The van der Waals surface area contributed by atoms with Gasteiger partial charge in [-0.15, -0.1) is 24.2 Å². The summed E-state index contributed by atoms with van der Waals surface area (Å²) in [6.07, 6.45) is 0. The van der Waals surface area contributed by atoms with Crippen molar-refractivity contribution in [1.82, 2.24) is 4.90 Å². The highest BCUT2D eigenvalue weighted by Gasteiger charge is 2.13. The lowest BCUT2D eigenvalue weighted by Gasteiger charge is -2.23. The molecule has 1 aromatic carbocycles. The zero-order valence-electron chi connectivity index (χ0n) is 11.1. The molecule has 0 bridgehead atoms. The summed E-state index contributed by atoms with van der Waals surface area (Å²) in [6, 6.07) is 7.77. The molecule has 1 rings (SSSR count). The number of carbonyl (C=O) groups excluding carboxylic acids is 1. The van der Waals surface area contributed by atoms with Crippen LogP contribution in [0, 0.1) is 0 Å². The molecule has 3 nitrogen and oxygen atoms in total. The van der Waals surface area contributed by atoms with Gasteiger partial charge in [-0.05, 0) is 24.6 Å². The van der Waals surface area contributed by atoms with Gasteiger partial charge >= 0.3 is 0 Å². The van der Waals surface area contributed by atoms with E-state index in [0.717, 1.165) is 10.8 Å². The highest BCUT2D eigenvalue weighted by molar-refractivity contribution is 7.99. The number of halogens is 2. The minimum atomic E-state index is 0. The van der Waals surface area contributed by atoms with E-state index in [2.05, 4.69) is 0 Å². The molecule has 1 aromatic rings. The van der Waals surface area contributed by atoms with Crippen LogP contribution in [0.15, 0.2) is 24.3 Å². The van der Waals surface area contributed by atoms with Crippen LogP contribution in [-0.4, -0.2) is 36.2 Å². The zero-order chi connectivity index (χ0) is 13.5. The van der Waals surface area contributed by atoms with Crippen molar-refractivity contribution in [2.75, 3.05) is 19.3 Å². The van der Waals surface area contributed by atoms with Gasteiger partial charge in [-0.1, -0.05) is 23.7 Å². The summed E-state index contributed by atoms with van der Waals surface area (Å²) < 4.78 is 0. The first-order valence-electron chi connectivity index (χ1n) is 5.82. The predicted octanol–water partition coefficient (Wildman–Crippen LogP) is 2.80. The van der Waals surface area contributed by atoms with E-state index in [4.69, 9.17) is 17.3 Å². The Balaban J connectivity index is 0.00000324. The van der Waals surface area contributed by atoms with Crippen molar-refractivity contribution in [3.8, 4) is 0 Å². The number of nitrogens with zero attached hydrogens (tertiary/aromatic N) is 1. The van der Waals surface area contributed by atoms with Gasteiger partial charge in [0, 0.05) is 30.4 Å². The molecule has 0 fully saturated rings. The van der Waals surface area contributed by atoms with Crippen molar-refractivity contribution in [3.05, 3.63) is 34.9 Å². The third-order valence-electron chi connectivity index (χ3n) is 2.80. The number of benzene rings is 1. The molecule has 0 heterocycles. The van der Waals surface area contributed by atoms with Crippen molar-refractivity contribution in [2.24, 2.45) is 5.73 Å². The SMILES string of the molecule is CC(CN)N(C)C(=O)CSCc1ccc(Cl)cc1.Cl. The van der Waals surface area contributed by atoms with Crippen LogP contribution in [0.2, 0.25) is 5.02 Å². The Labute approximate surface area is 130 Å². The molecule has 1 atom stereocenters. The highest BCUT2D eigenvalue weighted by atomic mass is 35.5. The fourth-order valence-electron chi connectivity index (χ4n) is 1.34. The Kier molecular flexibility index (Phi) is 9.27. The monoisotopic (exact) mass is 322 g/mol. The minimum Gasteiger partial charge on any atom is -0.341 e. The van der Waals surface area contributed by atoms with Crippen LogP contribution in [0.1, 0.15) is 12.5 Å². The Morgan fingerprint density at radius 3 is 2.53 bits per heavy atom. The highest BCUT2D eigenvalue weighted by Crippen LogP contribution is 2.16. The first kappa shape index (κ1) is 18.6. The smallest absolute Gasteiger partial charge is 0.232 e. The fraction of sp³-hybridized carbons (Fsp3) is 0.462. The predicted molar refractivity (Wildman–Crippen MR) is 86.1 cm³/mol. The lowest BCUT2D eigenvalue weighted by Crippen LogP contribution is -2.40. The van der Waals surface area contributed by atoms with Gasteiger partial charge in [0.2, 0.25) is 5.91 Å². The third-order valence-corrected chi connectivity index (χ3v) is 4.04. The Bertz CT molecular complexity index is 387. The number of rotatable bonds is 6. The number of carbonyl (C=O) groups is 1. The average molecular weight is 323 g/mol. The molecule has 0 radical (unpaired) electrons. The van der Waals surface area contributed by atoms with E-state index in [0.29, 0.717) is 12.3 Å². The van der Waals surface area contributed by atoms with Crippen LogP contribution in [0.25, 0.3) is 0 Å². The van der Waals surface area contributed by atoms with Crippen LogP contribution in [0.5, 0.6) is 0 Å². The lowest BCUT2D eigenvalue weighted by molar-refractivity contribution is -0.128. The molecule has 0 aliphatic rings. The number of hydrogen-bond donors (Lipinski definition) is 1. The average Bonchev–Trinajstić information content (AvgIpc) is 2.39. The first-order valence-corrected chi connectivity index (χ1v) is 7.35. The van der Waals surface area contributed by atoms with Crippen molar-refractivity contribution in [3.63, 3.8) is 0 Å². The summed E-state index contributed by atoms with van der Waals surface area (Å²) in [5, 5.41) is 0.733. The van der Waals surface area contributed by atoms with Gasteiger partial charge in [-0.2, -0.15) is 0 Å². The minimum absolute atomic E-state index is 0. The number of thioether (sulfide) groups is 1. The second-order valence-corrected chi connectivity index (χ2v) is 5.63. The number of hydrogen-bond acceptors (Lipinski definition) is 3. The largest absolute Gasteiger partial charge is 0.341 e. The van der Waals surface area contributed by atoms with Gasteiger partial charge in [-0.3, -0.25) is 4.79 Å². The number of likely N-dealkylation sites (N-methyl/N-ethyl adjacent to an activating group) is 1. The Hall–Kier alpha value is -0.420. The molecular weight excluding hydrogens is 303 g/mol. The van der Waals surface area contributed by atoms with Gasteiger partial charge < -0.3 is 10.6 Å². The molecule has 19 heavy (non-hydrogen) atoms. The van der Waals surface area contributed by atoms with E-state index in [1.54, 1.807) is 23.7 Å². The third kappa shape index (κ3) is 6.52. The zero-order valence-corrected chi connectivity index (χ0v) is 13.5. The normalized spacial score (nSPS) is 11.6. The molecular formula is C13H20Cl2N2OS.